The molecule has 2 aromatic rings. The second-order valence-corrected chi connectivity index (χ2v) is 5.30. The first-order chi connectivity index (χ1) is 10.1. The van der Waals surface area contributed by atoms with Crippen molar-refractivity contribution in [1.82, 2.24) is 15.3 Å². The molecule has 0 aliphatic heterocycles. The van der Waals surface area contributed by atoms with Gasteiger partial charge in [-0.3, -0.25) is 4.79 Å². The molecule has 0 spiro atoms. The van der Waals surface area contributed by atoms with E-state index in [1.807, 2.05) is 0 Å². The summed E-state index contributed by atoms with van der Waals surface area (Å²) in [5.41, 5.74) is 0.539. The van der Waals surface area contributed by atoms with Crippen LogP contribution in [0.5, 0.6) is 5.88 Å². The average molecular weight is 328 g/mol. The molecule has 1 aromatic heterocycles. The lowest BCUT2D eigenvalue weighted by molar-refractivity contribution is -0.123. The minimum Gasteiger partial charge on any atom is -0.467 e. The predicted molar refractivity (Wildman–Crippen MR) is 83.0 cm³/mol. The molecule has 0 aliphatic rings. The maximum atomic E-state index is 11.6. The van der Waals surface area contributed by atoms with Gasteiger partial charge < -0.3 is 10.1 Å². The van der Waals surface area contributed by atoms with Crippen molar-refractivity contribution >= 4 is 40.0 Å². The summed E-state index contributed by atoms with van der Waals surface area (Å²) in [5, 5.41) is 4.22. The summed E-state index contributed by atoms with van der Waals surface area (Å²) in [6.07, 6.45) is 3.30. The number of carbonyl (C=O) groups excluding carboxylic acids is 1. The van der Waals surface area contributed by atoms with Crippen LogP contribution in [0.4, 0.5) is 0 Å². The number of hydrogen-bond donors (Lipinski definition) is 1. The first kappa shape index (κ1) is 15.8. The number of unbranched alkanes of at least 4 members (excludes halogenated alkanes) is 1. The van der Waals surface area contributed by atoms with Gasteiger partial charge in [-0.2, -0.15) is 0 Å². The van der Waals surface area contributed by atoms with E-state index < -0.39 is 0 Å². The molecule has 5 nitrogen and oxygen atoms in total. The van der Waals surface area contributed by atoms with Gasteiger partial charge in [0.05, 0.1) is 15.9 Å². The van der Waals surface area contributed by atoms with Crippen molar-refractivity contribution in [3.8, 4) is 5.88 Å². The second kappa shape index (κ2) is 7.43. The van der Waals surface area contributed by atoms with Crippen molar-refractivity contribution < 1.29 is 9.53 Å². The van der Waals surface area contributed by atoms with Crippen molar-refractivity contribution in [2.24, 2.45) is 0 Å². The van der Waals surface area contributed by atoms with Crippen LogP contribution < -0.4 is 10.1 Å². The number of fused-ring (bicyclic) bond motifs is 1. The maximum absolute atomic E-state index is 11.6. The number of amides is 1. The average Bonchev–Trinajstić information content (AvgIpc) is 2.45. The van der Waals surface area contributed by atoms with E-state index >= 15 is 0 Å². The van der Waals surface area contributed by atoms with Gasteiger partial charge in [0.2, 0.25) is 5.88 Å². The van der Waals surface area contributed by atoms with Crippen molar-refractivity contribution in [1.29, 1.82) is 0 Å². The minimum absolute atomic E-state index is 0.111. The first-order valence-corrected chi connectivity index (χ1v) is 7.36. The fourth-order valence-corrected chi connectivity index (χ4v) is 2.32. The van der Waals surface area contributed by atoms with E-state index in [2.05, 4.69) is 22.2 Å². The zero-order chi connectivity index (χ0) is 15.2. The summed E-state index contributed by atoms with van der Waals surface area (Å²) in [6.45, 7) is 2.59. The summed E-state index contributed by atoms with van der Waals surface area (Å²) in [4.78, 5) is 19.7. The minimum atomic E-state index is -0.191. The lowest BCUT2D eigenvalue weighted by atomic mass is 10.2. The van der Waals surface area contributed by atoms with Gasteiger partial charge in [-0.1, -0.05) is 36.5 Å². The van der Waals surface area contributed by atoms with Gasteiger partial charge in [-0.15, -0.1) is 0 Å². The molecule has 0 atom stereocenters. The van der Waals surface area contributed by atoms with Gasteiger partial charge in [0.1, 0.15) is 6.33 Å². The highest BCUT2D eigenvalue weighted by molar-refractivity contribution is 6.38. The highest BCUT2D eigenvalue weighted by Gasteiger charge is 2.11. The Balaban J connectivity index is 2.10. The molecule has 0 saturated heterocycles. The van der Waals surface area contributed by atoms with E-state index in [9.17, 15) is 4.79 Å². The smallest absolute Gasteiger partial charge is 0.258 e. The number of aromatic nitrogens is 2. The lowest BCUT2D eigenvalue weighted by Crippen LogP contribution is -2.29. The third-order valence-corrected chi connectivity index (χ3v) is 3.32. The molecule has 1 aromatic carbocycles. The van der Waals surface area contributed by atoms with Crippen molar-refractivity contribution in [2.45, 2.75) is 19.8 Å². The van der Waals surface area contributed by atoms with Crippen LogP contribution in [0, 0.1) is 0 Å². The van der Waals surface area contributed by atoms with Crippen LogP contribution in [-0.4, -0.2) is 29.0 Å². The molecule has 1 N–H and O–H groups in total. The van der Waals surface area contributed by atoms with Crippen LogP contribution in [0.25, 0.3) is 10.9 Å². The normalized spacial score (nSPS) is 10.6. The van der Waals surface area contributed by atoms with Gasteiger partial charge in [-0.25, -0.2) is 9.97 Å². The number of benzene rings is 1. The van der Waals surface area contributed by atoms with E-state index in [1.54, 1.807) is 12.1 Å². The van der Waals surface area contributed by atoms with Crippen molar-refractivity contribution in [3.63, 3.8) is 0 Å². The third kappa shape index (κ3) is 4.19. The first-order valence-electron chi connectivity index (χ1n) is 6.61. The molecular weight excluding hydrogens is 313 g/mol. The SMILES string of the molecule is CCCCNC(=O)COc1ncnc2c(Cl)cc(Cl)cc12. The summed E-state index contributed by atoms with van der Waals surface area (Å²) in [7, 11) is 0. The molecule has 0 unspecified atom stereocenters. The van der Waals surface area contributed by atoms with Crippen LogP contribution in [0.2, 0.25) is 10.0 Å². The number of halogens is 2. The Morgan fingerprint density at radius 2 is 2.14 bits per heavy atom. The molecule has 0 radical (unpaired) electrons. The van der Waals surface area contributed by atoms with E-state index in [0.717, 1.165) is 12.8 Å². The predicted octanol–water partition coefficient (Wildman–Crippen LogP) is 3.23. The topological polar surface area (TPSA) is 64.1 Å². The van der Waals surface area contributed by atoms with E-state index in [1.165, 1.54) is 6.33 Å². The molecule has 1 amide bonds. The quantitative estimate of drug-likeness (QED) is 0.827. The molecule has 0 fully saturated rings. The van der Waals surface area contributed by atoms with Crippen molar-refractivity contribution in [3.05, 3.63) is 28.5 Å². The van der Waals surface area contributed by atoms with E-state index in [4.69, 9.17) is 27.9 Å². The van der Waals surface area contributed by atoms with Crippen LogP contribution in [0.1, 0.15) is 19.8 Å². The number of hydrogen-bond acceptors (Lipinski definition) is 4. The Hall–Kier alpha value is -1.59. The van der Waals surface area contributed by atoms with Gasteiger partial charge in [0.15, 0.2) is 6.61 Å². The summed E-state index contributed by atoms with van der Waals surface area (Å²) >= 11 is 12.0. The molecule has 0 aliphatic carbocycles. The Bertz CT molecular complexity index is 649. The van der Waals surface area contributed by atoms with E-state index in [0.29, 0.717) is 27.5 Å². The highest BCUT2D eigenvalue weighted by Crippen LogP contribution is 2.30. The zero-order valence-electron chi connectivity index (χ0n) is 11.5. The number of nitrogens with one attached hydrogen (secondary N) is 1. The number of ether oxygens (including phenoxy) is 1. The van der Waals surface area contributed by atoms with Crippen molar-refractivity contribution in [2.75, 3.05) is 13.2 Å². The fraction of sp³-hybridized carbons (Fsp3) is 0.357. The largest absolute Gasteiger partial charge is 0.467 e. The maximum Gasteiger partial charge on any atom is 0.258 e. The highest BCUT2D eigenvalue weighted by atomic mass is 35.5. The molecule has 7 heteroatoms. The number of rotatable bonds is 6. The van der Waals surface area contributed by atoms with E-state index in [-0.39, 0.29) is 18.4 Å². The molecule has 21 heavy (non-hydrogen) atoms. The number of nitrogens with zero attached hydrogens (tertiary/aromatic N) is 2. The van der Waals surface area contributed by atoms with Crippen LogP contribution in [0.15, 0.2) is 18.5 Å². The Kier molecular flexibility index (Phi) is 5.59. The van der Waals surface area contributed by atoms with Crippen LogP contribution in [0.3, 0.4) is 0 Å². The molecule has 112 valence electrons. The summed E-state index contributed by atoms with van der Waals surface area (Å²) < 4.78 is 5.44. The fourth-order valence-electron chi connectivity index (χ4n) is 1.77. The van der Waals surface area contributed by atoms with Gasteiger partial charge >= 0.3 is 0 Å². The Morgan fingerprint density at radius 1 is 1.33 bits per heavy atom. The monoisotopic (exact) mass is 327 g/mol. The Morgan fingerprint density at radius 3 is 2.90 bits per heavy atom. The molecule has 0 saturated carbocycles. The van der Waals surface area contributed by atoms with Gasteiger partial charge in [0, 0.05) is 11.6 Å². The van der Waals surface area contributed by atoms with Crippen LogP contribution in [-0.2, 0) is 4.79 Å². The molecule has 1 heterocycles. The molecule has 0 bridgehead atoms. The Labute approximate surface area is 132 Å². The summed E-state index contributed by atoms with van der Waals surface area (Å²) in [5.74, 6) is 0.0957. The third-order valence-electron chi connectivity index (χ3n) is 2.81. The van der Waals surface area contributed by atoms with Gasteiger partial charge in [0.25, 0.3) is 5.91 Å². The van der Waals surface area contributed by atoms with Crippen LogP contribution >= 0.6 is 23.2 Å². The molecular formula is C14H15Cl2N3O2. The lowest BCUT2D eigenvalue weighted by Gasteiger charge is -2.09. The molecule has 2 rings (SSSR count). The number of carbonyl (C=O) groups is 1. The summed E-state index contributed by atoms with van der Waals surface area (Å²) in [6, 6.07) is 3.26. The zero-order valence-corrected chi connectivity index (χ0v) is 13.0. The standard InChI is InChI=1S/C14H15Cl2N3O2/c1-2-3-4-17-12(20)7-21-14-10-5-9(15)6-11(16)13(10)18-8-19-14/h5-6,8H,2-4,7H2,1H3,(H,17,20). The second-order valence-electron chi connectivity index (χ2n) is 4.45. The van der Waals surface area contributed by atoms with Gasteiger partial charge in [-0.05, 0) is 18.6 Å².